The fraction of sp³-hybridized carbons (Fsp3) is 0.421. The van der Waals surface area contributed by atoms with E-state index in [0.717, 1.165) is 36.9 Å². The first-order chi connectivity index (χ1) is 12.7. The molecule has 1 saturated heterocycles. The molecule has 0 aliphatic carbocycles. The molecule has 1 spiro atoms. The molecule has 0 bridgehead atoms. The van der Waals surface area contributed by atoms with Crippen LogP contribution >= 0.6 is 11.3 Å². The van der Waals surface area contributed by atoms with Gasteiger partial charge in [-0.3, -0.25) is 14.5 Å². The maximum absolute atomic E-state index is 13.0. The molecule has 0 atom stereocenters. The number of piperidine rings is 1. The van der Waals surface area contributed by atoms with Crippen molar-refractivity contribution in [1.82, 2.24) is 19.7 Å². The van der Waals surface area contributed by atoms with E-state index in [2.05, 4.69) is 21.5 Å². The third-order valence-electron chi connectivity index (χ3n) is 5.61. The average Bonchev–Trinajstić information content (AvgIpc) is 3.30. The second-order valence-corrected chi connectivity index (χ2v) is 7.97. The summed E-state index contributed by atoms with van der Waals surface area (Å²) in [5.41, 5.74) is 3.54. The third kappa shape index (κ3) is 2.38. The molecule has 3 aromatic rings. The smallest absolute Gasteiger partial charge is 0.255 e. The normalized spacial score (nSPS) is 19.0. The molecule has 5 heterocycles. The molecule has 0 N–H and O–H groups in total. The van der Waals surface area contributed by atoms with E-state index in [1.165, 1.54) is 10.4 Å². The molecule has 7 heteroatoms. The molecule has 1 fully saturated rings. The fourth-order valence-corrected chi connectivity index (χ4v) is 5.29. The van der Waals surface area contributed by atoms with Gasteiger partial charge in [0.25, 0.3) is 5.91 Å². The topological polar surface area (TPSA) is 60.2 Å². The van der Waals surface area contributed by atoms with Crippen LogP contribution < -0.4 is 0 Å². The van der Waals surface area contributed by atoms with Crippen LogP contribution in [0, 0.1) is 0 Å². The predicted octanol–water partition coefficient (Wildman–Crippen LogP) is 2.73. The van der Waals surface area contributed by atoms with Crippen molar-refractivity contribution in [2.45, 2.75) is 24.9 Å². The van der Waals surface area contributed by atoms with Crippen LogP contribution in [0.3, 0.4) is 0 Å². The van der Waals surface area contributed by atoms with E-state index >= 15 is 0 Å². The third-order valence-corrected chi connectivity index (χ3v) is 6.76. The Kier molecular flexibility index (Phi) is 3.62. The Morgan fingerprint density at radius 2 is 2.15 bits per heavy atom. The van der Waals surface area contributed by atoms with Crippen LogP contribution in [0.25, 0.3) is 11.0 Å². The van der Waals surface area contributed by atoms with Gasteiger partial charge in [0.2, 0.25) is 0 Å². The number of thiophene rings is 1. The number of likely N-dealkylation sites (tertiary alicyclic amines) is 1. The molecular weight excluding hydrogens is 348 g/mol. The van der Waals surface area contributed by atoms with Crippen molar-refractivity contribution in [1.29, 1.82) is 0 Å². The Bertz CT molecular complexity index is 985. The zero-order valence-electron chi connectivity index (χ0n) is 14.6. The summed E-state index contributed by atoms with van der Waals surface area (Å²) in [7, 11) is 1.86. The summed E-state index contributed by atoms with van der Waals surface area (Å²) in [6.45, 7) is 2.19. The minimum absolute atomic E-state index is 0.0395. The first-order valence-corrected chi connectivity index (χ1v) is 9.82. The zero-order valence-corrected chi connectivity index (χ0v) is 15.5. The molecular formula is C19H20N4O2S. The monoisotopic (exact) mass is 368 g/mol. The lowest BCUT2D eigenvalue weighted by Gasteiger charge is -2.43. The van der Waals surface area contributed by atoms with Gasteiger partial charge in [0, 0.05) is 31.2 Å². The van der Waals surface area contributed by atoms with E-state index in [-0.39, 0.29) is 11.5 Å². The minimum atomic E-state index is -0.192. The van der Waals surface area contributed by atoms with Gasteiger partial charge in [-0.05, 0) is 42.3 Å². The number of aromatic nitrogens is 3. The number of carbonyl (C=O) groups excluding carboxylic acids is 1. The summed E-state index contributed by atoms with van der Waals surface area (Å²) >= 11 is 1.79. The molecule has 2 aliphatic rings. The number of carbonyl (C=O) groups is 1. The number of amides is 1. The van der Waals surface area contributed by atoms with Gasteiger partial charge in [0.15, 0.2) is 0 Å². The molecule has 0 aromatic carbocycles. The number of fused-ring (bicyclic) bond motifs is 3. The van der Waals surface area contributed by atoms with Crippen LogP contribution in [0.2, 0.25) is 0 Å². The zero-order chi connectivity index (χ0) is 17.7. The Morgan fingerprint density at radius 1 is 1.31 bits per heavy atom. The molecule has 26 heavy (non-hydrogen) atoms. The largest absolute Gasteiger partial charge is 0.369 e. The van der Waals surface area contributed by atoms with Gasteiger partial charge in [-0.15, -0.1) is 11.3 Å². The van der Waals surface area contributed by atoms with E-state index in [4.69, 9.17) is 4.74 Å². The predicted molar refractivity (Wildman–Crippen MR) is 99.3 cm³/mol. The molecule has 134 valence electrons. The van der Waals surface area contributed by atoms with Crippen molar-refractivity contribution >= 4 is 28.3 Å². The molecule has 0 saturated carbocycles. The summed E-state index contributed by atoms with van der Waals surface area (Å²) in [6, 6.07) is 4.10. The summed E-state index contributed by atoms with van der Waals surface area (Å²) in [5, 5.41) is 6.36. The lowest BCUT2D eigenvalue weighted by molar-refractivity contribution is -0.0906. The number of ether oxygens (including phenoxy) is 1. The number of nitrogens with zero attached hydrogens (tertiary/aromatic N) is 4. The Morgan fingerprint density at radius 3 is 3.00 bits per heavy atom. The number of rotatable bonds is 1. The van der Waals surface area contributed by atoms with Crippen LogP contribution in [0.4, 0.5) is 0 Å². The van der Waals surface area contributed by atoms with Gasteiger partial charge >= 0.3 is 0 Å². The summed E-state index contributed by atoms with van der Waals surface area (Å²) in [4.78, 5) is 20.6. The average molecular weight is 368 g/mol. The van der Waals surface area contributed by atoms with Crippen molar-refractivity contribution in [3.05, 3.63) is 45.9 Å². The quantitative estimate of drug-likeness (QED) is 0.663. The molecule has 2 aliphatic heterocycles. The van der Waals surface area contributed by atoms with Crippen LogP contribution in [-0.4, -0.2) is 45.3 Å². The van der Waals surface area contributed by atoms with E-state index < -0.39 is 0 Å². The molecule has 0 unspecified atom stereocenters. The van der Waals surface area contributed by atoms with Gasteiger partial charge in [0.05, 0.1) is 23.9 Å². The fourth-order valence-electron chi connectivity index (χ4n) is 4.12. The Hall–Kier alpha value is -2.25. The van der Waals surface area contributed by atoms with Gasteiger partial charge in [-0.1, -0.05) is 0 Å². The van der Waals surface area contributed by atoms with E-state index in [0.29, 0.717) is 18.7 Å². The Labute approximate surface area is 155 Å². The second kappa shape index (κ2) is 5.89. The van der Waals surface area contributed by atoms with Crippen LogP contribution in [0.1, 0.15) is 33.6 Å². The van der Waals surface area contributed by atoms with Gasteiger partial charge in [-0.25, -0.2) is 0 Å². The molecule has 0 radical (unpaired) electrons. The van der Waals surface area contributed by atoms with E-state index in [1.54, 1.807) is 28.4 Å². The van der Waals surface area contributed by atoms with Crippen LogP contribution in [0.15, 0.2) is 29.9 Å². The molecule has 6 nitrogen and oxygen atoms in total. The van der Waals surface area contributed by atoms with Crippen LogP contribution in [0.5, 0.6) is 0 Å². The second-order valence-electron chi connectivity index (χ2n) is 7.06. The maximum atomic E-state index is 13.0. The highest BCUT2D eigenvalue weighted by Gasteiger charge is 2.42. The lowest BCUT2D eigenvalue weighted by Crippen LogP contribution is -2.47. The van der Waals surface area contributed by atoms with Gasteiger partial charge in [0.1, 0.15) is 11.1 Å². The van der Waals surface area contributed by atoms with E-state index in [1.807, 2.05) is 18.0 Å². The van der Waals surface area contributed by atoms with Crippen molar-refractivity contribution < 1.29 is 9.53 Å². The highest BCUT2D eigenvalue weighted by atomic mass is 32.1. The number of pyridine rings is 1. The minimum Gasteiger partial charge on any atom is -0.369 e. The molecule has 1 amide bonds. The van der Waals surface area contributed by atoms with Gasteiger partial charge in [-0.2, -0.15) is 5.10 Å². The summed E-state index contributed by atoms with van der Waals surface area (Å²) in [5.74, 6) is 0.0395. The first kappa shape index (κ1) is 16.0. The maximum Gasteiger partial charge on any atom is 0.255 e. The van der Waals surface area contributed by atoms with Crippen molar-refractivity contribution in [2.24, 2.45) is 7.05 Å². The number of aryl methyl sites for hydroxylation is 1. The standard InChI is InChI=1S/C19H20N4O2S/c1-22-16-10-14(11-20-15(16)12-21-22)18(24)23-6-4-19(5-7-23)17-13(2-8-25-19)3-9-26-17/h3,9-12H,2,4-8H2,1H3. The number of hydrogen-bond donors (Lipinski definition) is 0. The van der Waals surface area contributed by atoms with Crippen molar-refractivity contribution in [2.75, 3.05) is 19.7 Å². The first-order valence-electron chi connectivity index (χ1n) is 8.94. The number of hydrogen-bond acceptors (Lipinski definition) is 5. The van der Waals surface area contributed by atoms with Crippen molar-refractivity contribution in [3.8, 4) is 0 Å². The molecule has 3 aromatic heterocycles. The van der Waals surface area contributed by atoms with Crippen molar-refractivity contribution in [3.63, 3.8) is 0 Å². The lowest BCUT2D eigenvalue weighted by atomic mass is 9.85. The molecule has 5 rings (SSSR count). The summed E-state index contributed by atoms with van der Waals surface area (Å²) in [6.07, 6.45) is 6.08. The van der Waals surface area contributed by atoms with Crippen LogP contribution in [-0.2, 0) is 23.8 Å². The Balaban J connectivity index is 1.37. The van der Waals surface area contributed by atoms with E-state index in [9.17, 15) is 4.79 Å². The van der Waals surface area contributed by atoms with Gasteiger partial charge < -0.3 is 9.64 Å². The highest BCUT2D eigenvalue weighted by molar-refractivity contribution is 7.10. The SMILES string of the molecule is Cn1ncc2ncc(C(=O)N3CCC4(CC3)OCCc3ccsc34)cc21. The highest BCUT2D eigenvalue weighted by Crippen LogP contribution is 2.44. The summed E-state index contributed by atoms with van der Waals surface area (Å²) < 4.78 is 7.98.